The molecular formula is C13H22N2O. The fourth-order valence-corrected chi connectivity index (χ4v) is 2.14. The highest BCUT2D eigenvalue weighted by atomic mass is 16.3. The van der Waals surface area contributed by atoms with E-state index in [4.69, 9.17) is 0 Å². The highest BCUT2D eigenvalue weighted by Crippen LogP contribution is 2.37. The Labute approximate surface area is 97.5 Å². The number of unbranched alkanes of at least 4 members (excludes halogenated alkanes) is 3. The van der Waals surface area contributed by atoms with Crippen molar-refractivity contribution >= 4 is 0 Å². The van der Waals surface area contributed by atoms with Crippen LogP contribution in [-0.4, -0.2) is 14.7 Å². The van der Waals surface area contributed by atoms with E-state index in [-0.39, 0.29) is 6.10 Å². The monoisotopic (exact) mass is 222 g/mol. The summed E-state index contributed by atoms with van der Waals surface area (Å²) in [5, 5.41) is 10.1. The topological polar surface area (TPSA) is 38.1 Å². The molecule has 1 aliphatic rings. The number of aromatic nitrogens is 2. The first-order valence-corrected chi connectivity index (χ1v) is 6.52. The zero-order valence-electron chi connectivity index (χ0n) is 10.1. The molecule has 1 fully saturated rings. The van der Waals surface area contributed by atoms with E-state index in [0.29, 0.717) is 6.04 Å². The molecule has 0 aliphatic heterocycles. The Morgan fingerprint density at radius 1 is 1.44 bits per heavy atom. The highest BCUT2D eigenvalue weighted by Gasteiger charge is 2.27. The van der Waals surface area contributed by atoms with Crippen LogP contribution in [0, 0.1) is 0 Å². The third-order valence-electron chi connectivity index (χ3n) is 3.31. The molecule has 16 heavy (non-hydrogen) atoms. The van der Waals surface area contributed by atoms with Gasteiger partial charge in [-0.05, 0) is 19.3 Å². The molecule has 1 heterocycles. The minimum Gasteiger partial charge on any atom is -0.387 e. The molecule has 0 aromatic carbocycles. The van der Waals surface area contributed by atoms with Crippen molar-refractivity contribution in [3.05, 3.63) is 18.2 Å². The minimum absolute atomic E-state index is 0.319. The normalized spacial score (nSPS) is 17.6. The first-order valence-electron chi connectivity index (χ1n) is 6.52. The van der Waals surface area contributed by atoms with Gasteiger partial charge >= 0.3 is 0 Å². The van der Waals surface area contributed by atoms with Crippen molar-refractivity contribution < 1.29 is 5.11 Å². The number of rotatable bonds is 7. The molecule has 1 N–H and O–H groups in total. The maximum absolute atomic E-state index is 10.1. The van der Waals surface area contributed by atoms with Crippen molar-refractivity contribution in [1.29, 1.82) is 0 Å². The molecule has 3 nitrogen and oxygen atoms in total. The molecule has 3 heteroatoms. The maximum atomic E-state index is 10.1. The van der Waals surface area contributed by atoms with Crippen LogP contribution in [0.5, 0.6) is 0 Å². The lowest BCUT2D eigenvalue weighted by atomic mass is 10.1. The van der Waals surface area contributed by atoms with Crippen LogP contribution in [0.4, 0.5) is 0 Å². The second-order valence-electron chi connectivity index (χ2n) is 4.82. The minimum atomic E-state index is -0.319. The summed E-state index contributed by atoms with van der Waals surface area (Å²) in [6, 6.07) is 0.614. The SMILES string of the molecule is CCCCCCC(O)c1cncn1C1CC1. The van der Waals surface area contributed by atoms with Gasteiger partial charge in [-0.25, -0.2) is 4.98 Å². The lowest BCUT2D eigenvalue weighted by Crippen LogP contribution is -2.05. The molecule has 0 radical (unpaired) electrons. The second-order valence-corrected chi connectivity index (χ2v) is 4.82. The van der Waals surface area contributed by atoms with Gasteiger partial charge in [-0.2, -0.15) is 0 Å². The summed E-state index contributed by atoms with van der Waals surface area (Å²) in [6.07, 6.45) is 11.6. The summed E-state index contributed by atoms with van der Waals surface area (Å²) in [4.78, 5) is 4.15. The molecule has 0 saturated heterocycles. The summed E-state index contributed by atoms with van der Waals surface area (Å²) in [6.45, 7) is 2.21. The zero-order valence-corrected chi connectivity index (χ0v) is 10.1. The van der Waals surface area contributed by atoms with E-state index >= 15 is 0 Å². The van der Waals surface area contributed by atoms with Crippen LogP contribution in [0.15, 0.2) is 12.5 Å². The Balaban J connectivity index is 1.82. The Kier molecular flexibility index (Phi) is 3.99. The Bertz CT molecular complexity index is 317. The third kappa shape index (κ3) is 2.85. The molecule has 1 aromatic heterocycles. The van der Waals surface area contributed by atoms with Gasteiger partial charge < -0.3 is 9.67 Å². The van der Waals surface area contributed by atoms with E-state index in [9.17, 15) is 5.11 Å². The number of imidazole rings is 1. The van der Waals surface area contributed by atoms with Crippen LogP contribution in [0.25, 0.3) is 0 Å². The number of hydrogen-bond acceptors (Lipinski definition) is 2. The first-order chi connectivity index (χ1) is 7.83. The Hall–Kier alpha value is -0.830. The smallest absolute Gasteiger partial charge is 0.0955 e. The molecule has 0 spiro atoms. The predicted molar refractivity (Wildman–Crippen MR) is 64.2 cm³/mol. The molecule has 0 bridgehead atoms. The van der Waals surface area contributed by atoms with Gasteiger partial charge in [0.05, 0.1) is 24.3 Å². The number of aliphatic hydroxyl groups excluding tert-OH is 1. The highest BCUT2D eigenvalue weighted by molar-refractivity contribution is 5.06. The zero-order chi connectivity index (χ0) is 11.4. The summed E-state index contributed by atoms with van der Waals surface area (Å²) in [7, 11) is 0. The molecule has 1 aliphatic carbocycles. The standard InChI is InChI=1S/C13H22N2O/c1-2-3-4-5-6-13(16)12-9-14-10-15(12)11-7-8-11/h9-11,13,16H,2-8H2,1H3. The fourth-order valence-electron chi connectivity index (χ4n) is 2.14. The van der Waals surface area contributed by atoms with Gasteiger partial charge in [0.15, 0.2) is 0 Å². The van der Waals surface area contributed by atoms with Crippen molar-refractivity contribution in [1.82, 2.24) is 9.55 Å². The van der Waals surface area contributed by atoms with Gasteiger partial charge in [0.2, 0.25) is 0 Å². The van der Waals surface area contributed by atoms with Crippen LogP contribution in [0.1, 0.15) is 69.7 Å². The van der Waals surface area contributed by atoms with Crippen LogP contribution in [0.3, 0.4) is 0 Å². The van der Waals surface area contributed by atoms with E-state index in [1.54, 1.807) is 0 Å². The van der Waals surface area contributed by atoms with Crippen molar-refractivity contribution in [2.24, 2.45) is 0 Å². The average molecular weight is 222 g/mol. The van der Waals surface area contributed by atoms with Gasteiger partial charge in [-0.1, -0.05) is 32.6 Å². The van der Waals surface area contributed by atoms with E-state index < -0.39 is 0 Å². The summed E-state index contributed by atoms with van der Waals surface area (Å²) >= 11 is 0. The Morgan fingerprint density at radius 2 is 2.25 bits per heavy atom. The van der Waals surface area contributed by atoms with E-state index in [1.165, 1.54) is 32.1 Å². The summed E-state index contributed by atoms with van der Waals surface area (Å²) < 4.78 is 2.16. The van der Waals surface area contributed by atoms with Crippen molar-refractivity contribution in [3.8, 4) is 0 Å². The Morgan fingerprint density at radius 3 is 2.94 bits per heavy atom. The quantitative estimate of drug-likeness (QED) is 0.719. The molecule has 1 aromatic rings. The molecule has 1 unspecified atom stereocenters. The van der Waals surface area contributed by atoms with E-state index in [1.807, 2.05) is 12.5 Å². The number of aliphatic hydroxyl groups is 1. The van der Waals surface area contributed by atoms with Crippen LogP contribution >= 0.6 is 0 Å². The van der Waals surface area contributed by atoms with Gasteiger partial charge in [0.25, 0.3) is 0 Å². The largest absolute Gasteiger partial charge is 0.387 e. The summed E-state index contributed by atoms with van der Waals surface area (Å²) in [5.74, 6) is 0. The van der Waals surface area contributed by atoms with Crippen molar-refractivity contribution in [2.45, 2.75) is 64.0 Å². The van der Waals surface area contributed by atoms with Crippen molar-refractivity contribution in [2.75, 3.05) is 0 Å². The summed E-state index contributed by atoms with van der Waals surface area (Å²) in [5.41, 5.74) is 1.01. The van der Waals surface area contributed by atoms with Gasteiger partial charge in [0.1, 0.15) is 0 Å². The molecule has 0 amide bonds. The lowest BCUT2D eigenvalue weighted by molar-refractivity contribution is 0.154. The molecule has 1 atom stereocenters. The van der Waals surface area contributed by atoms with Crippen molar-refractivity contribution in [3.63, 3.8) is 0 Å². The first kappa shape index (κ1) is 11.6. The predicted octanol–water partition coefficient (Wildman–Crippen LogP) is 3.22. The fraction of sp³-hybridized carbons (Fsp3) is 0.769. The molecular weight excluding hydrogens is 200 g/mol. The van der Waals surface area contributed by atoms with E-state index in [2.05, 4.69) is 16.5 Å². The lowest BCUT2D eigenvalue weighted by Gasteiger charge is -2.13. The average Bonchev–Trinajstić information content (AvgIpc) is 3.02. The van der Waals surface area contributed by atoms with Gasteiger partial charge in [0, 0.05) is 6.04 Å². The maximum Gasteiger partial charge on any atom is 0.0955 e. The van der Waals surface area contributed by atoms with Gasteiger partial charge in [-0.3, -0.25) is 0 Å². The molecule has 90 valence electrons. The molecule has 1 saturated carbocycles. The van der Waals surface area contributed by atoms with Gasteiger partial charge in [-0.15, -0.1) is 0 Å². The van der Waals surface area contributed by atoms with Crippen LogP contribution in [-0.2, 0) is 0 Å². The van der Waals surface area contributed by atoms with Crippen LogP contribution in [0.2, 0.25) is 0 Å². The number of hydrogen-bond donors (Lipinski definition) is 1. The second kappa shape index (κ2) is 5.48. The third-order valence-corrected chi connectivity index (χ3v) is 3.31. The van der Waals surface area contributed by atoms with E-state index in [0.717, 1.165) is 18.5 Å². The molecule has 2 rings (SSSR count). The van der Waals surface area contributed by atoms with Crippen LogP contribution < -0.4 is 0 Å². The number of nitrogens with zero attached hydrogens (tertiary/aromatic N) is 2.